The van der Waals surface area contributed by atoms with E-state index >= 15 is 0 Å². The Morgan fingerprint density at radius 2 is 1.27 bits per heavy atom. The van der Waals surface area contributed by atoms with Gasteiger partial charge in [0.15, 0.2) is 0 Å². The third kappa shape index (κ3) is 2.23. The normalized spacial score (nSPS) is 15.3. The molecule has 0 spiro atoms. The van der Waals surface area contributed by atoms with Crippen molar-refractivity contribution in [2.75, 3.05) is 0 Å². The molecule has 0 radical (unpaired) electrons. The van der Waals surface area contributed by atoms with Gasteiger partial charge in [0.1, 0.15) is 0 Å². The van der Waals surface area contributed by atoms with Gasteiger partial charge in [0, 0.05) is 0 Å². The van der Waals surface area contributed by atoms with Crippen LogP contribution in [0.15, 0.2) is 115 Å². The second-order valence-electron chi connectivity index (χ2n) is 6.56. The van der Waals surface area contributed by atoms with Gasteiger partial charge in [-0.1, -0.05) is 110 Å². The molecule has 0 nitrogen and oxygen atoms in total. The summed E-state index contributed by atoms with van der Waals surface area (Å²) in [4.78, 5) is 0. The van der Waals surface area contributed by atoms with Crippen molar-refractivity contribution in [3.8, 4) is 0 Å². The molecule has 0 aliphatic heterocycles. The van der Waals surface area contributed by atoms with E-state index in [1.54, 1.807) is 0 Å². The van der Waals surface area contributed by atoms with Gasteiger partial charge in [-0.15, -0.1) is 0 Å². The minimum absolute atomic E-state index is 0.338. The van der Waals surface area contributed by atoms with Crippen LogP contribution in [-0.2, 0) is 5.41 Å². The fourth-order valence-corrected chi connectivity index (χ4v) is 4.31. The van der Waals surface area contributed by atoms with Gasteiger partial charge in [-0.2, -0.15) is 0 Å². The zero-order valence-corrected chi connectivity index (χ0v) is 15.0. The summed E-state index contributed by atoms with van der Waals surface area (Å²) in [6.07, 6.45) is 6.36. The average molecular weight is 334 g/mol. The molecule has 0 heteroatoms. The first-order valence-corrected chi connectivity index (χ1v) is 9.04. The Morgan fingerprint density at radius 3 is 1.81 bits per heavy atom. The van der Waals surface area contributed by atoms with Crippen LogP contribution in [-0.4, -0.2) is 0 Å². The van der Waals surface area contributed by atoms with E-state index in [-0.39, 0.29) is 5.41 Å². The summed E-state index contributed by atoms with van der Waals surface area (Å²) >= 11 is 0. The first-order valence-electron chi connectivity index (χ1n) is 9.04. The number of hydrogen-bond acceptors (Lipinski definition) is 0. The Morgan fingerprint density at radius 1 is 0.731 bits per heavy atom. The highest BCUT2D eigenvalue weighted by atomic mass is 14.5. The monoisotopic (exact) mass is 334 g/mol. The predicted molar refractivity (Wildman–Crippen MR) is 111 cm³/mol. The van der Waals surface area contributed by atoms with E-state index in [4.69, 9.17) is 0 Å². The molecule has 0 N–H and O–H groups in total. The highest BCUT2D eigenvalue weighted by molar-refractivity contribution is 5.91. The summed E-state index contributed by atoms with van der Waals surface area (Å²) in [6, 6.07) is 30.3. The Hall–Kier alpha value is -3.12. The molecule has 1 aliphatic carbocycles. The van der Waals surface area contributed by atoms with Crippen LogP contribution < -0.4 is 0 Å². The molecule has 0 saturated heterocycles. The standard InChI is InChI=1S/C26H22/c1-3-13-22-23-18-11-12-19-25(23)26(24(22)4-2,20-14-7-5-8-15-20)21-16-9-6-10-17-21/h3-19H,2H2,1H3/b13-3-. The fourth-order valence-electron chi connectivity index (χ4n) is 4.31. The van der Waals surface area contributed by atoms with Gasteiger partial charge >= 0.3 is 0 Å². The van der Waals surface area contributed by atoms with Crippen molar-refractivity contribution in [2.24, 2.45) is 0 Å². The molecule has 4 rings (SSSR count). The minimum Gasteiger partial charge on any atom is -0.0987 e. The largest absolute Gasteiger partial charge is 0.0987 e. The highest BCUT2D eigenvalue weighted by Crippen LogP contribution is 2.54. The summed E-state index contributed by atoms with van der Waals surface area (Å²) < 4.78 is 0. The first-order chi connectivity index (χ1) is 12.8. The second-order valence-corrected chi connectivity index (χ2v) is 6.56. The summed E-state index contributed by atoms with van der Waals surface area (Å²) in [7, 11) is 0. The molecule has 0 atom stereocenters. The average Bonchev–Trinajstić information content (AvgIpc) is 3.00. The number of hydrogen-bond donors (Lipinski definition) is 0. The molecule has 3 aromatic rings. The maximum atomic E-state index is 4.21. The lowest BCUT2D eigenvalue weighted by Gasteiger charge is -2.34. The van der Waals surface area contributed by atoms with E-state index in [1.807, 2.05) is 6.08 Å². The third-order valence-corrected chi connectivity index (χ3v) is 5.27. The van der Waals surface area contributed by atoms with E-state index in [0.29, 0.717) is 0 Å². The maximum Gasteiger partial charge on any atom is 0.0713 e. The highest BCUT2D eigenvalue weighted by Gasteiger charge is 2.45. The van der Waals surface area contributed by atoms with Crippen molar-refractivity contribution in [3.05, 3.63) is 138 Å². The number of allylic oxidation sites excluding steroid dienone is 5. The van der Waals surface area contributed by atoms with Gasteiger partial charge in [0.05, 0.1) is 5.41 Å². The van der Waals surface area contributed by atoms with Crippen LogP contribution in [0.1, 0.15) is 29.2 Å². The maximum absolute atomic E-state index is 4.21. The lowest BCUT2D eigenvalue weighted by molar-refractivity contribution is 0.762. The summed E-state index contributed by atoms with van der Waals surface area (Å²) in [5.74, 6) is 0. The first kappa shape index (κ1) is 16.4. The van der Waals surface area contributed by atoms with Crippen molar-refractivity contribution in [1.29, 1.82) is 0 Å². The van der Waals surface area contributed by atoms with E-state index in [0.717, 1.165) is 0 Å². The SMILES string of the molecule is C=CC1=C(/C=C\C)c2ccccc2C1(c1ccccc1)c1ccccc1. The zero-order valence-electron chi connectivity index (χ0n) is 15.0. The van der Waals surface area contributed by atoms with E-state index in [9.17, 15) is 0 Å². The molecular weight excluding hydrogens is 312 g/mol. The molecule has 0 aromatic heterocycles. The van der Waals surface area contributed by atoms with Crippen LogP contribution in [0.2, 0.25) is 0 Å². The van der Waals surface area contributed by atoms with Gasteiger partial charge in [-0.25, -0.2) is 0 Å². The van der Waals surface area contributed by atoms with Crippen LogP contribution in [0.3, 0.4) is 0 Å². The van der Waals surface area contributed by atoms with Gasteiger partial charge in [-0.3, -0.25) is 0 Å². The fraction of sp³-hybridized carbons (Fsp3) is 0.0769. The molecule has 3 aromatic carbocycles. The lowest BCUT2D eigenvalue weighted by atomic mass is 9.67. The van der Waals surface area contributed by atoms with Crippen molar-refractivity contribution < 1.29 is 0 Å². The van der Waals surface area contributed by atoms with Crippen molar-refractivity contribution in [2.45, 2.75) is 12.3 Å². The minimum atomic E-state index is -0.338. The third-order valence-electron chi connectivity index (χ3n) is 5.27. The zero-order chi connectivity index (χ0) is 18.0. The van der Waals surface area contributed by atoms with Crippen LogP contribution >= 0.6 is 0 Å². The van der Waals surface area contributed by atoms with Gasteiger partial charge in [0.25, 0.3) is 0 Å². The molecule has 0 bridgehead atoms. The topological polar surface area (TPSA) is 0 Å². The number of rotatable bonds is 4. The van der Waals surface area contributed by atoms with Gasteiger partial charge in [-0.05, 0) is 40.3 Å². The number of fused-ring (bicyclic) bond motifs is 1. The van der Waals surface area contributed by atoms with E-state index in [1.165, 1.54) is 33.4 Å². The molecular formula is C26H22. The Balaban J connectivity index is 2.19. The van der Waals surface area contributed by atoms with E-state index in [2.05, 4.69) is 111 Å². The van der Waals surface area contributed by atoms with Crippen LogP contribution in [0.5, 0.6) is 0 Å². The van der Waals surface area contributed by atoms with Gasteiger partial charge < -0.3 is 0 Å². The summed E-state index contributed by atoms with van der Waals surface area (Å²) in [5, 5.41) is 0. The second kappa shape index (κ2) is 6.65. The van der Waals surface area contributed by atoms with Crippen molar-refractivity contribution in [3.63, 3.8) is 0 Å². The van der Waals surface area contributed by atoms with Gasteiger partial charge in [0.2, 0.25) is 0 Å². The van der Waals surface area contributed by atoms with Crippen molar-refractivity contribution >= 4 is 5.57 Å². The van der Waals surface area contributed by atoms with Crippen LogP contribution in [0.25, 0.3) is 5.57 Å². The quantitative estimate of drug-likeness (QED) is 0.507. The summed E-state index contributed by atoms with van der Waals surface area (Å²) in [5.41, 5.74) is 7.31. The van der Waals surface area contributed by atoms with Crippen molar-refractivity contribution in [1.82, 2.24) is 0 Å². The smallest absolute Gasteiger partial charge is 0.0713 e. The molecule has 26 heavy (non-hydrogen) atoms. The molecule has 0 heterocycles. The van der Waals surface area contributed by atoms with E-state index < -0.39 is 0 Å². The van der Waals surface area contributed by atoms with Crippen LogP contribution in [0, 0.1) is 0 Å². The molecule has 126 valence electrons. The summed E-state index contributed by atoms with van der Waals surface area (Å²) in [6.45, 7) is 6.28. The molecule has 0 unspecified atom stereocenters. The Kier molecular flexibility index (Phi) is 4.18. The molecule has 0 amide bonds. The Bertz CT molecular complexity index is 949. The molecule has 0 saturated carbocycles. The Labute approximate surface area is 155 Å². The lowest BCUT2D eigenvalue weighted by Crippen LogP contribution is -2.29. The van der Waals surface area contributed by atoms with Crippen LogP contribution in [0.4, 0.5) is 0 Å². The molecule has 0 fully saturated rings. The number of benzene rings is 3. The predicted octanol–water partition coefficient (Wildman–Crippen LogP) is 6.55. The molecule has 1 aliphatic rings.